The number of hydrogen-bond donors (Lipinski definition) is 0. The summed E-state index contributed by atoms with van der Waals surface area (Å²) >= 11 is 0. The van der Waals surface area contributed by atoms with Crippen LogP contribution in [0.1, 0.15) is 44.4 Å². The maximum Gasteiger partial charge on any atom is 0.209 e. The molecule has 3 aromatic carbocycles. The number of fused-ring (bicyclic) bond motifs is 2. The first-order valence-electron chi connectivity index (χ1n) is 13.8. The Bertz CT molecular complexity index is 1650. The van der Waals surface area contributed by atoms with Crippen molar-refractivity contribution in [3.63, 3.8) is 0 Å². The number of allylic oxidation sites excluding steroid dienone is 10. The molecular formula is C37H37N2+. The van der Waals surface area contributed by atoms with Crippen LogP contribution in [0.25, 0.3) is 5.57 Å². The van der Waals surface area contributed by atoms with E-state index in [9.17, 15) is 0 Å². The lowest BCUT2D eigenvalue weighted by Crippen LogP contribution is -2.26. The van der Waals surface area contributed by atoms with Crippen LogP contribution in [0.15, 0.2) is 132 Å². The summed E-state index contributed by atoms with van der Waals surface area (Å²) < 4.78 is 2.34. The van der Waals surface area contributed by atoms with E-state index in [1.165, 1.54) is 56.2 Å². The van der Waals surface area contributed by atoms with Crippen molar-refractivity contribution in [2.24, 2.45) is 0 Å². The van der Waals surface area contributed by atoms with Crippen LogP contribution in [-0.2, 0) is 10.8 Å². The molecule has 2 nitrogen and oxygen atoms in total. The molecule has 0 radical (unpaired) electrons. The van der Waals surface area contributed by atoms with Gasteiger partial charge in [0.1, 0.15) is 7.05 Å². The van der Waals surface area contributed by atoms with Crippen LogP contribution in [0.5, 0.6) is 0 Å². The minimum atomic E-state index is -0.0473. The Morgan fingerprint density at radius 2 is 1.36 bits per heavy atom. The highest BCUT2D eigenvalue weighted by Crippen LogP contribution is 2.47. The molecule has 0 N–H and O–H groups in total. The van der Waals surface area contributed by atoms with Crippen LogP contribution >= 0.6 is 0 Å². The highest BCUT2D eigenvalue weighted by atomic mass is 15.2. The van der Waals surface area contributed by atoms with E-state index >= 15 is 0 Å². The third kappa shape index (κ3) is 3.98. The van der Waals surface area contributed by atoms with Gasteiger partial charge < -0.3 is 4.90 Å². The average Bonchev–Trinajstić information content (AvgIpc) is 3.49. The van der Waals surface area contributed by atoms with Crippen LogP contribution in [-0.4, -0.2) is 24.4 Å². The van der Waals surface area contributed by atoms with Crippen molar-refractivity contribution in [3.8, 4) is 0 Å². The molecule has 2 aliphatic heterocycles. The van der Waals surface area contributed by atoms with Gasteiger partial charge in [0.05, 0.1) is 5.41 Å². The predicted octanol–water partition coefficient (Wildman–Crippen LogP) is 8.51. The van der Waals surface area contributed by atoms with E-state index in [1.807, 2.05) is 0 Å². The molecule has 2 heteroatoms. The zero-order chi connectivity index (χ0) is 27.4. The Morgan fingerprint density at radius 1 is 0.692 bits per heavy atom. The lowest BCUT2D eigenvalue weighted by atomic mass is 9.81. The van der Waals surface area contributed by atoms with Crippen molar-refractivity contribution >= 4 is 22.7 Å². The third-order valence-electron chi connectivity index (χ3n) is 8.80. The average molecular weight is 510 g/mol. The first-order chi connectivity index (χ1) is 18.7. The summed E-state index contributed by atoms with van der Waals surface area (Å²) in [6.45, 7) is 9.28. The molecule has 6 rings (SSSR count). The van der Waals surface area contributed by atoms with Crippen molar-refractivity contribution in [2.45, 2.75) is 38.5 Å². The number of nitrogens with zero attached hydrogens (tertiary/aromatic N) is 2. The van der Waals surface area contributed by atoms with E-state index in [1.54, 1.807) is 0 Å². The molecule has 0 unspecified atom stereocenters. The minimum absolute atomic E-state index is 0.0473. The molecule has 39 heavy (non-hydrogen) atoms. The van der Waals surface area contributed by atoms with Crippen LogP contribution < -0.4 is 4.90 Å². The summed E-state index contributed by atoms with van der Waals surface area (Å²) in [4.78, 5) is 2.34. The van der Waals surface area contributed by atoms with Gasteiger partial charge in [0.15, 0.2) is 5.71 Å². The molecule has 2 heterocycles. The molecular weight excluding hydrogens is 472 g/mol. The second-order valence-corrected chi connectivity index (χ2v) is 11.8. The fourth-order valence-electron chi connectivity index (χ4n) is 6.67. The van der Waals surface area contributed by atoms with Gasteiger partial charge in [0, 0.05) is 41.6 Å². The molecule has 0 atom stereocenters. The maximum atomic E-state index is 2.34. The van der Waals surface area contributed by atoms with Crippen molar-refractivity contribution in [2.75, 3.05) is 19.0 Å². The number of anilines is 1. The summed E-state index contributed by atoms with van der Waals surface area (Å²) in [6.07, 6.45) is 13.7. The van der Waals surface area contributed by atoms with Gasteiger partial charge in [0.25, 0.3) is 0 Å². The van der Waals surface area contributed by atoms with Crippen molar-refractivity contribution in [3.05, 3.63) is 149 Å². The molecule has 0 bridgehead atoms. The lowest BCUT2D eigenvalue weighted by Gasteiger charge is -2.24. The number of para-hydroxylation sites is 2. The van der Waals surface area contributed by atoms with E-state index in [4.69, 9.17) is 0 Å². The summed E-state index contributed by atoms with van der Waals surface area (Å²) in [6, 6.07) is 28.3. The molecule has 0 saturated carbocycles. The second-order valence-electron chi connectivity index (χ2n) is 11.8. The van der Waals surface area contributed by atoms with E-state index in [2.05, 4.69) is 167 Å². The Hall–Kier alpha value is -4.17. The van der Waals surface area contributed by atoms with Crippen molar-refractivity contribution < 1.29 is 4.58 Å². The monoisotopic (exact) mass is 509 g/mol. The third-order valence-corrected chi connectivity index (χ3v) is 8.80. The van der Waals surface area contributed by atoms with E-state index in [0.717, 1.165) is 0 Å². The molecule has 1 aliphatic carbocycles. The summed E-state index contributed by atoms with van der Waals surface area (Å²) in [5.74, 6) is 0. The molecule has 0 amide bonds. The van der Waals surface area contributed by atoms with Gasteiger partial charge in [-0.1, -0.05) is 98.8 Å². The molecule has 0 saturated heterocycles. The normalized spacial score (nSPS) is 21.1. The predicted molar refractivity (Wildman–Crippen MR) is 166 cm³/mol. The molecule has 0 aromatic heterocycles. The topological polar surface area (TPSA) is 6.25 Å². The number of hydrogen-bond acceptors (Lipinski definition) is 1. The van der Waals surface area contributed by atoms with Crippen molar-refractivity contribution in [1.29, 1.82) is 0 Å². The summed E-state index contributed by atoms with van der Waals surface area (Å²) in [7, 11) is 4.36. The Labute approximate surface area is 233 Å². The second kappa shape index (κ2) is 9.24. The van der Waals surface area contributed by atoms with Gasteiger partial charge in [-0.25, -0.2) is 0 Å². The van der Waals surface area contributed by atoms with E-state index in [0.29, 0.717) is 0 Å². The highest BCUT2D eigenvalue weighted by Gasteiger charge is 2.42. The Morgan fingerprint density at radius 3 is 2.08 bits per heavy atom. The van der Waals surface area contributed by atoms with Gasteiger partial charge in [-0.2, -0.15) is 4.58 Å². The van der Waals surface area contributed by atoms with Crippen LogP contribution in [0, 0.1) is 0 Å². The zero-order valence-electron chi connectivity index (χ0n) is 23.9. The fourth-order valence-corrected chi connectivity index (χ4v) is 6.67. The standard InChI is InChI=1S/C37H37N2/c1-36(2)29-16-10-12-18-31(29)38(5)33(36)24-22-27-20-21-28(35(27)26-14-8-7-9-15-26)23-25-34-37(3,4)30-17-11-13-19-32(30)39(34)6/h7-25H,1-6H3/q+1. The van der Waals surface area contributed by atoms with Gasteiger partial charge >= 0.3 is 0 Å². The van der Waals surface area contributed by atoms with Gasteiger partial charge in [-0.3, -0.25) is 0 Å². The van der Waals surface area contributed by atoms with Gasteiger partial charge in [-0.15, -0.1) is 0 Å². The smallest absolute Gasteiger partial charge is 0.209 e. The minimum Gasteiger partial charge on any atom is -0.347 e. The lowest BCUT2D eigenvalue weighted by molar-refractivity contribution is -0.401. The first kappa shape index (κ1) is 25.1. The zero-order valence-corrected chi connectivity index (χ0v) is 23.9. The first-order valence-corrected chi connectivity index (χ1v) is 13.8. The Balaban J connectivity index is 1.41. The van der Waals surface area contributed by atoms with Crippen LogP contribution in [0.3, 0.4) is 0 Å². The van der Waals surface area contributed by atoms with E-state index < -0.39 is 0 Å². The highest BCUT2D eigenvalue weighted by molar-refractivity contribution is 6.04. The Kier molecular flexibility index (Phi) is 5.95. The maximum absolute atomic E-state index is 2.34. The molecule has 0 spiro atoms. The van der Waals surface area contributed by atoms with E-state index in [-0.39, 0.29) is 10.8 Å². The van der Waals surface area contributed by atoms with Crippen molar-refractivity contribution in [1.82, 2.24) is 0 Å². The number of likely N-dealkylation sites (N-methyl/N-ethyl adjacent to an activating group) is 1. The fraction of sp³-hybridized carbons (Fsp3) is 0.216. The summed E-state index contributed by atoms with van der Waals surface area (Å²) in [5, 5.41) is 0. The molecule has 3 aliphatic rings. The SMILES string of the molecule is CN1/C(=C\C=C2\C=CC(/C=C/C3=[N+](C)c4ccccc4C3(C)C)=C2c2ccccc2)C(C)(C)c2ccccc21. The van der Waals surface area contributed by atoms with Gasteiger partial charge in [0.2, 0.25) is 5.69 Å². The summed E-state index contributed by atoms with van der Waals surface area (Å²) in [5.41, 5.74) is 12.8. The molecule has 194 valence electrons. The quantitative estimate of drug-likeness (QED) is 0.320. The molecule has 0 fully saturated rings. The van der Waals surface area contributed by atoms with Crippen LogP contribution in [0.2, 0.25) is 0 Å². The van der Waals surface area contributed by atoms with Crippen LogP contribution in [0.4, 0.5) is 11.4 Å². The van der Waals surface area contributed by atoms with Gasteiger partial charge in [-0.05, 0) is 59.9 Å². The number of rotatable bonds is 4. The molecule has 3 aromatic rings. The largest absolute Gasteiger partial charge is 0.347 e. The number of benzene rings is 3.